The third kappa shape index (κ3) is 7.01. The van der Waals surface area contributed by atoms with Gasteiger partial charge in [-0.1, -0.05) is 90.6 Å². The van der Waals surface area contributed by atoms with E-state index in [2.05, 4.69) is 72.5 Å². The fraction of sp³-hybridized carbons (Fsp3) is 0.161. The minimum atomic E-state index is 0.794. The van der Waals surface area contributed by atoms with Crippen LogP contribution in [0.25, 0.3) is 24.3 Å². The molecule has 3 rings (SSSR count). The van der Waals surface area contributed by atoms with E-state index in [1.54, 1.807) is 14.2 Å². The van der Waals surface area contributed by atoms with Gasteiger partial charge in [-0.25, -0.2) is 0 Å². The summed E-state index contributed by atoms with van der Waals surface area (Å²) in [6.07, 6.45) is 16.3. The van der Waals surface area contributed by atoms with E-state index in [1.165, 1.54) is 16.8 Å². The topological polar surface area (TPSA) is 21.7 Å². The van der Waals surface area contributed by atoms with E-state index in [9.17, 15) is 0 Å². The van der Waals surface area contributed by atoms with Crippen molar-refractivity contribution in [1.29, 1.82) is 0 Å². The van der Waals surface area contributed by atoms with Crippen LogP contribution in [-0.2, 0) is 0 Å². The number of benzene rings is 3. The summed E-state index contributed by atoms with van der Waals surface area (Å²) >= 11 is 0. The molecule has 0 saturated heterocycles. The molecule has 3 heteroatoms. The quantitative estimate of drug-likeness (QED) is 0.314. The van der Waals surface area contributed by atoms with Gasteiger partial charge in [0.2, 0.25) is 0 Å². The highest BCUT2D eigenvalue weighted by Gasteiger charge is 2.07. The molecule has 0 bridgehead atoms. The van der Waals surface area contributed by atoms with E-state index < -0.39 is 0 Å². The third-order valence-electron chi connectivity index (χ3n) is 5.42. The molecule has 0 unspecified atom stereocenters. The molecule has 3 aromatic rings. The van der Waals surface area contributed by atoms with Crippen molar-refractivity contribution in [3.05, 3.63) is 113 Å². The Morgan fingerprint density at radius 3 is 1.41 bits per heavy atom. The second-order valence-corrected chi connectivity index (χ2v) is 8.17. The number of ether oxygens (including phenoxy) is 2. The van der Waals surface area contributed by atoms with E-state index in [1.807, 2.05) is 62.7 Å². The van der Waals surface area contributed by atoms with Crippen molar-refractivity contribution in [2.75, 3.05) is 33.2 Å². The van der Waals surface area contributed by atoms with Crippen LogP contribution in [0.5, 0.6) is 11.5 Å². The fourth-order valence-electron chi connectivity index (χ4n) is 3.42. The summed E-state index contributed by atoms with van der Waals surface area (Å²) in [6, 6.07) is 20.9. The molecule has 0 aliphatic heterocycles. The second-order valence-electron chi connectivity index (χ2n) is 8.17. The summed E-state index contributed by atoms with van der Waals surface area (Å²) in [4.78, 5) is 2.09. The highest BCUT2D eigenvalue weighted by atomic mass is 16.5. The van der Waals surface area contributed by atoms with Gasteiger partial charge in [0.05, 0.1) is 14.2 Å². The lowest BCUT2D eigenvalue weighted by atomic mass is 10.1. The molecular weight excluding hydrogens is 418 g/mol. The summed E-state index contributed by atoms with van der Waals surface area (Å²) in [5.74, 6) is 1.59. The van der Waals surface area contributed by atoms with Crippen molar-refractivity contribution in [3.63, 3.8) is 0 Å². The van der Waals surface area contributed by atoms with Crippen LogP contribution in [0.2, 0.25) is 0 Å². The van der Waals surface area contributed by atoms with Gasteiger partial charge in [0, 0.05) is 30.9 Å². The minimum absolute atomic E-state index is 0.794. The lowest BCUT2D eigenvalue weighted by Crippen LogP contribution is -2.07. The Morgan fingerprint density at radius 1 is 0.588 bits per heavy atom. The largest absolute Gasteiger partial charge is 0.496 e. The molecule has 0 fully saturated rings. The zero-order valence-corrected chi connectivity index (χ0v) is 20.7. The normalized spacial score (nSPS) is 11.8. The maximum Gasteiger partial charge on any atom is 0.126 e. The van der Waals surface area contributed by atoms with Gasteiger partial charge in [-0.3, -0.25) is 0 Å². The van der Waals surface area contributed by atoms with E-state index in [0.29, 0.717) is 0 Å². The van der Waals surface area contributed by atoms with Crippen molar-refractivity contribution < 1.29 is 9.47 Å². The van der Waals surface area contributed by atoms with Crippen LogP contribution in [0.15, 0.2) is 85.0 Å². The number of methoxy groups -OCH3 is 2. The molecule has 3 nitrogen and oxygen atoms in total. The van der Waals surface area contributed by atoms with Gasteiger partial charge < -0.3 is 14.4 Å². The monoisotopic (exact) mass is 451 g/mol. The first-order valence-corrected chi connectivity index (χ1v) is 11.3. The van der Waals surface area contributed by atoms with Crippen LogP contribution in [-0.4, -0.2) is 28.3 Å². The second kappa shape index (κ2) is 12.3. The Morgan fingerprint density at radius 2 is 1.00 bits per heavy atom. The summed E-state index contributed by atoms with van der Waals surface area (Å²) in [6.45, 7) is 2.09. The molecule has 0 aliphatic rings. The number of allylic oxidation sites excluding steroid dienone is 4. The Labute approximate surface area is 204 Å². The molecule has 34 heavy (non-hydrogen) atoms. The Balaban J connectivity index is 1.72. The maximum absolute atomic E-state index is 5.64. The van der Waals surface area contributed by atoms with Gasteiger partial charge in [0.1, 0.15) is 11.5 Å². The van der Waals surface area contributed by atoms with Gasteiger partial charge in [0.15, 0.2) is 0 Å². The van der Waals surface area contributed by atoms with E-state index >= 15 is 0 Å². The number of nitrogens with zero attached hydrogens (tertiary/aromatic N) is 1. The number of hydrogen-bond donors (Lipinski definition) is 0. The van der Waals surface area contributed by atoms with Gasteiger partial charge in [-0.05, 0) is 42.3 Å². The summed E-state index contributed by atoms with van der Waals surface area (Å²) in [7, 11) is 7.45. The van der Waals surface area contributed by atoms with E-state index in [0.717, 1.165) is 28.2 Å². The molecular formula is C31H33NO2. The summed E-state index contributed by atoms with van der Waals surface area (Å²) in [5.41, 5.74) is 6.68. The predicted octanol–water partition coefficient (Wildman–Crippen LogP) is 7.53. The first-order chi connectivity index (χ1) is 16.5. The lowest BCUT2D eigenvalue weighted by Gasteiger charge is -2.11. The van der Waals surface area contributed by atoms with Crippen LogP contribution in [0.1, 0.15) is 27.8 Å². The van der Waals surface area contributed by atoms with Gasteiger partial charge in [-0.15, -0.1) is 0 Å². The van der Waals surface area contributed by atoms with Crippen LogP contribution in [0, 0.1) is 6.92 Å². The molecule has 174 valence electrons. The zero-order valence-electron chi connectivity index (χ0n) is 20.7. The summed E-state index contributed by atoms with van der Waals surface area (Å²) < 4.78 is 11.3. The Hall–Kier alpha value is -3.98. The molecule has 0 spiro atoms. The van der Waals surface area contributed by atoms with Gasteiger partial charge in [0.25, 0.3) is 0 Å². The van der Waals surface area contributed by atoms with Crippen molar-refractivity contribution in [1.82, 2.24) is 0 Å². The van der Waals surface area contributed by atoms with Crippen LogP contribution in [0.3, 0.4) is 0 Å². The minimum Gasteiger partial charge on any atom is -0.496 e. The average molecular weight is 452 g/mol. The van der Waals surface area contributed by atoms with Crippen LogP contribution >= 0.6 is 0 Å². The lowest BCUT2D eigenvalue weighted by molar-refractivity contribution is 0.401. The standard InChI is InChI=1S/C31H33NO2/c1-24-14-16-25(17-15-24)10-6-8-12-27-22-31(34-5)28(23-30(27)33-4)13-9-7-11-26-18-20-29(21-19-26)32(2)3/h6-23H,1-5H3/b10-6+,11-7+,12-8+,13-9+. The van der Waals surface area contributed by atoms with Crippen LogP contribution < -0.4 is 14.4 Å². The van der Waals surface area contributed by atoms with Gasteiger partial charge in [-0.2, -0.15) is 0 Å². The number of rotatable bonds is 9. The third-order valence-corrected chi connectivity index (χ3v) is 5.42. The SMILES string of the molecule is COc1cc(/C=C/C=C/c2ccc(N(C)C)cc2)c(OC)cc1/C=C/C=C/c1ccc(C)cc1. The first-order valence-electron chi connectivity index (χ1n) is 11.3. The van der Waals surface area contributed by atoms with Crippen molar-refractivity contribution in [2.45, 2.75) is 6.92 Å². The Kier molecular flexibility index (Phi) is 8.93. The Bertz CT molecular complexity index is 1180. The fourth-order valence-corrected chi connectivity index (χ4v) is 3.42. The molecule has 0 N–H and O–H groups in total. The molecule has 0 aliphatic carbocycles. The number of anilines is 1. The molecule has 0 amide bonds. The highest BCUT2D eigenvalue weighted by Crippen LogP contribution is 2.31. The van der Waals surface area contributed by atoms with E-state index in [4.69, 9.17) is 9.47 Å². The molecule has 0 saturated carbocycles. The van der Waals surface area contributed by atoms with Crippen molar-refractivity contribution in [3.8, 4) is 11.5 Å². The predicted molar refractivity (Wildman–Crippen MR) is 148 cm³/mol. The summed E-state index contributed by atoms with van der Waals surface area (Å²) in [5, 5.41) is 0. The van der Waals surface area contributed by atoms with Crippen molar-refractivity contribution in [2.24, 2.45) is 0 Å². The molecule has 0 heterocycles. The molecule has 0 radical (unpaired) electrons. The first kappa shape index (κ1) is 24.7. The van der Waals surface area contributed by atoms with Crippen molar-refractivity contribution >= 4 is 30.0 Å². The van der Waals surface area contributed by atoms with E-state index in [-0.39, 0.29) is 0 Å². The average Bonchev–Trinajstić information content (AvgIpc) is 2.85. The number of aryl methyl sites for hydroxylation is 1. The highest BCUT2D eigenvalue weighted by molar-refractivity contribution is 5.70. The van der Waals surface area contributed by atoms with Crippen LogP contribution in [0.4, 0.5) is 5.69 Å². The molecule has 3 aromatic carbocycles. The maximum atomic E-state index is 5.64. The molecule has 0 atom stereocenters. The smallest absolute Gasteiger partial charge is 0.126 e. The van der Waals surface area contributed by atoms with Gasteiger partial charge >= 0.3 is 0 Å². The number of hydrogen-bond acceptors (Lipinski definition) is 3. The zero-order chi connectivity index (χ0) is 24.3. The molecule has 0 aromatic heterocycles.